The van der Waals surface area contributed by atoms with Gasteiger partial charge in [0.15, 0.2) is 6.10 Å². The Hall–Kier alpha value is -1.59. The van der Waals surface area contributed by atoms with E-state index >= 15 is 0 Å². The molecule has 0 saturated heterocycles. The lowest BCUT2D eigenvalue weighted by atomic mass is 10.0. The first-order valence-electron chi connectivity index (χ1n) is 26.9. The molecule has 0 amide bonds. The van der Waals surface area contributed by atoms with Gasteiger partial charge in [-0.2, -0.15) is 0 Å². The third-order valence-corrected chi connectivity index (χ3v) is 12.3. The summed E-state index contributed by atoms with van der Waals surface area (Å²) in [5, 5.41) is 0. The standard InChI is InChI=1S/C54H104O6/c1-5-7-9-11-13-15-17-18-23-26-30-33-37-41-45-52(55)58-48-51(60-54(57)47-43-39-35-29-16-14-12-10-8-6-2)49-59-53(56)46-42-38-34-31-27-24-21-19-20-22-25-28-32-36-40-44-50(3)4/h50-51H,5-49H2,1-4H3/t51-/m0/s1. The second-order valence-corrected chi connectivity index (χ2v) is 19.0. The largest absolute Gasteiger partial charge is 0.462 e. The van der Waals surface area contributed by atoms with Gasteiger partial charge in [0, 0.05) is 19.3 Å². The molecule has 356 valence electrons. The summed E-state index contributed by atoms with van der Waals surface area (Å²) >= 11 is 0. The van der Waals surface area contributed by atoms with E-state index in [0.29, 0.717) is 19.3 Å². The van der Waals surface area contributed by atoms with Crippen molar-refractivity contribution in [3.63, 3.8) is 0 Å². The van der Waals surface area contributed by atoms with Crippen LogP contribution in [0.25, 0.3) is 0 Å². The van der Waals surface area contributed by atoms with Crippen molar-refractivity contribution in [2.75, 3.05) is 13.2 Å². The molecule has 0 aromatic carbocycles. The van der Waals surface area contributed by atoms with E-state index in [-0.39, 0.29) is 31.1 Å². The Balaban J connectivity index is 4.23. The fourth-order valence-corrected chi connectivity index (χ4v) is 8.22. The lowest BCUT2D eigenvalue weighted by molar-refractivity contribution is -0.167. The molecule has 0 N–H and O–H groups in total. The van der Waals surface area contributed by atoms with Crippen molar-refractivity contribution in [3.05, 3.63) is 0 Å². The van der Waals surface area contributed by atoms with Crippen molar-refractivity contribution in [2.24, 2.45) is 5.92 Å². The molecule has 0 fully saturated rings. The van der Waals surface area contributed by atoms with Crippen LogP contribution < -0.4 is 0 Å². The van der Waals surface area contributed by atoms with E-state index < -0.39 is 6.10 Å². The molecular weight excluding hydrogens is 745 g/mol. The first-order chi connectivity index (χ1) is 29.4. The van der Waals surface area contributed by atoms with Crippen molar-refractivity contribution >= 4 is 17.9 Å². The molecule has 0 aromatic heterocycles. The number of esters is 3. The Morgan fingerprint density at radius 2 is 0.550 bits per heavy atom. The molecule has 0 saturated carbocycles. The minimum atomic E-state index is -0.760. The van der Waals surface area contributed by atoms with E-state index in [4.69, 9.17) is 14.2 Å². The van der Waals surface area contributed by atoms with E-state index in [1.54, 1.807) is 0 Å². The van der Waals surface area contributed by atoms with Gasteiger partial charge in [0.1, 0.15) is 13.2 Å². The van der Waals surface area contributed by atoms with Crippen molar-refractivity contribution in [3.8, 4) is 0 Å². The minimum absolute atomic E-state index is 0.0624. The van der Waals surface area contributed by atoms with Crippen LogP contribution in [0.1, 0.15) is 304 Å². The van der Waals surface area contributed by atoms with Gasteiger partial charge in [0.25, 0.3) is 0 Å². The zero-order chi connectivity index (χ0) is 43.8. The molecule has 0 bridgehead atoms. The number of rotatable bonds is 49. The molecule has 0 rings (SSSR count). The number of hydrogen-bond acceptors (Lipinski definition) is 6. The van der Waals surface area contributed by atoms with Crippen molar-refractivity contribution in [1.82, 2.24) is 0 Å². The SMILES string of the molecule is CCCCCCCCCCCCCCCCC(=O)OC[C@@H](COC(=O)CCCCCCCCCCCCCCCCCC(C)C)OC(=O)CCCCCCCCCCCC. The zero-order valence-corrected chi connectivity index (χ0v) is 40.9. The zero-order valence-electron chi connectivity index (χ0n) is 40.9. The first-order valence-corrected chi connectivity index (χ1v) is 26.9. The van der Waals surface area contributed by atoms with Gasteiger partial charge in [0.05, 0.1) is 0 Å². The summed E-state index contributed by atoms with van der Waals surface area (Å²) in [6.07, 6.45) is 50.9. The van der Waals surface area contributed by atoms with Crippen LogP contribution in [0.15, 0.2) is 0 Å². The molecule has 0 spiro atoms. The van der Waals surface area contributed by atoms with Crippen LogP contribution in [0.3, 0.4) is 0 Å². The average Bonchev–Trinajstić information content (AvgIpc) is 3.23. The maximum Gasteiger partial charge on any atom is 0.306 e. The highest BCUT2D eigenvalue weighted by Gasteiger charge is 2.19. The molecule has 6 nitrogen and oxygen atoms in total. The fourth-order valence-electron chi connectivity index (χ4n) is 8.22. The third-order valence-electron chi connectivity index (χ3n) is 12.3. The number of ether oxygens (including phenoxy) is 3. The Labute approximate surface area is 374 Å². The van der Waals surface area contributed by atoms with Gasteiger partial charge in [0.2, 0.25) is 0 Å². The van der Waals surface area contributed by atoms with Gasteiger partial charge in [-0.1, -0.05) is 265 Å². The Kier molecular flexibility index (Phi) is 47.2. The van der Waals surface area contributed by atoms with Crippen LogP contribution in [0.5, 0.6) is 0 Å². The lowest BCUT2D eigenvalue weighted by Gasteiger charge is -2.18. The number of unbranched alkanes of at least 4 members (excludes halogenated alkanes) is 36. The first kappa shape index (κ1) is 58.4. The second-order valence-electron chi connectivity index (χ2n) is 19.0. The summed E-state index contributed by atoms with van der Waals surface area (Å²) < 4.78 is 16.8. The highest BCUT2D eigenvalue weighted by molar-refractivity contribution is 5.71. The summed E-state index contributed by atoms with van der Waals surface area (Å²) in [6, 6.07) is 0. The van der Waals surface area contributed by atoms with Crippen LogP contribution in [-0.4, -0.2) is 37.2 Å². The highest BCUT2D eigenvalue weighted by Crippen LogP contribution is 2.17. The van der Waals surface area contributed by atoms with Crippen LogP contribution >= 0.6 is 0 Å². The predicted molar refractivity (Wildman–Crippen MR) is 257 cm³/mol. The smallest absolute Gasteiger partial charge is 0.306 e. The van der Waals surface area contributed by atoms with Gasteiger partial charge in [-0.05, 0) is 25.2 Å². The van der Waals surface area contributed by atoms with Crippen LogP contribution in [0.4, 0.5) is 0 Å². The van der Waals surface area contributed by atoms with Crippen molar-refractivity contribution in [1.29, 1.82) is 0 Å². The molecule has 0 aromatic rings. The molecule has 6 heteroatoms. The summed E-state index contributed by atoms with van der Waals surface area (Å²) in [6.45, 7) is 9.04. The summed E-state index contributed by atoms with van der Waals surface area (Å²) in [7, 11) is 0. The molecule has 0 aliphatic carbocycles. The number of hydrogen-bond donors (Lipinski definition) is 0. The molecule has 0 heterocycles. The van der Waals surface area contributed by atoms with E-state index in [1.165, 1.54) is 199 Å². The van der Waals surface area contributed by atoms with E-state index in [2.05, 4.69) is 27.7 Å². The van der Waals surface area contributed by atoms with Crippen molar-refractivity contribution < 1.29 is 28.6 Å². The van der Waals surface area contributed by atoms with Crippen LogP contribution in [-0.2, 0) is 28.6 Å². The van der Waals surface area contributed by atoms with Gasteiger partial charge in [-0.25, -0.2) is 0 Å². The molecular formula is C54H104O6. The molecule has 0 unspecified atom stereocenters. The summed E-state index contributed by atoms with van der Waals surface area (Å²) in [5.41, 5.74) is 0. The van der Waals surface area contributed by atoms with E-state index in [0.717, 1.165) is 63.7 Å². The summed E-state index contributed by atoms with van der Waals surface area (Å²) in [4.78, 5) is 37.9. The second kappa shape index (κ2) is 48.4. The van der Waals surface area contributed by atoms with E-state index in [9.17, 15) is 14.4 Å². The topological polar surface area (TPSA) is 78.9 Å². The Morgan fingerprint density at radius 1 is 0.317 bits per heavy atom. The molecule has 0 radical (unpaired) electrons. The quantitative estimate of drug-likeness (QED) is 0.0345. The molecule has 60 heavy (non-hydrogen) atoms. The summed E-state index contributed by atoms with van der Waals surface area (Å²) in [5.74, 6) is 0.00664. The average molecular weight is 849 g/mol. The van der Waals surface area contributed by atoms with Gasteiger partial charge < -0.3 is 14.2 Å². The van der Waals surface area contributed by atoms with Crippen LogP contribution in [0.2, 0.25) is 0 Å². The normalized spacial score (nSPS) is 11.9. The van der Waals surface area contributed by atoms with Gasteiger partial charge in [-0.15, -0.1) is 0 Å². The fraction of sp³-hybridized carbons (Fsp3) is 0.944. The monoisotopic (exact) mass is 849 g/mol. The van der Waals surface area contributed by atoms with Crippen LogP contribution in [0, 0.1) is 5.92 Å². The Bertz CT molecular complexity index is 903. The molecule has 1 atom stereocenters. The maximum atomic E-state index is 12.7. The van der Waals surface area contributed by atoms with Gasteiger partial charge in [-0.3, -0.25) is 14.4 Å². The lowest BCUT2D eigenvalue weighted by Crippen LogP contribution is -2.30. The Morgan fingerprint density at radius 3 is 0.817 bits per heavy atom. The predicted octanol–water partition coefficient (Wildman–Crippen LogP) is 17.5. The number of carbonyl (C=O) groups excluding carboxylic acids is 3. The number of carbonyl (C=O) groups is 3. The highest BCUT2D eigenvalue weighted by atomic mass is 16.6. The van der Waals surface area contributed by atoms with Crippen molar-refractivity contribution in [2.45, 2.75) is 310 Å². The molecule has 0 aliphatic rings. The maximum absolute atomic E-state index is 12.7. The molecule has 0 aliphatic heterocycles. The van der Waals surface area contributed by atoms with Gasteiger partial charge >= 0.3 is 17.9 Å². The third kappa shape index (κ3) is 47.5. The van der Waals surface area contributed by atoms with E-state index in [1.807, 2.05) is 0 Å². The minimum Gasteiger partial charge on any atom is -0.462 e.